The first-order valence-electron chi connectivity index (χ1n) is 10.8. The third kappa shape index (κ3) is 3.71. The molecule has 1 aromatic heterocycles. The van der Waals surface area contributed by atoms with Crippen molar-refractivity contribution in [2.45, 2.75) is 12.5 Å². The van der Waals surface area contributed by atoms with Crippen LogP contribution in [0.5, 0.6) is 5.75 Å². The topological polar surface area (TPSA) is 93.6 Å². The number of carbonyl (C=O) groups excluding carboxylic acids is 2. The number of aromatic amines is 1. The molecule has 170 valence electrons. The van der Waals surface area contributed by atoms with E-state index in [0.29, 0.717) is 12.0 Å². The van der Waals surface area contributed by atoms with Gasteiger partial charge in [-0.25, -0.2) is 4.39 Å². The van der Waals surface area contributed by atoms with E-state index in [4.69, 9.17) is 0 Å². The molecule has 3 aromatic carbocycles. The molecule has 2 heterocycles. The van der Waals surface area contributed by atoms with Crippen molar-refractivity contribution in [3.05, 3.63) is 107 Å². The average Bonchev–Trinajstić information content (AvgIpc) is 3.36. The molecule has 0 bridgehead atoms. The second-order valence-electron chi connectivity index (χ2n) is 8.20. The molecular formula is C27H21FN2O4. The van der Waals surface area contributed by atoms with E-state index in [1.807, 2.05) is 30.5 Å². The van der Waals surface area contributed by atoms with Crippen molar-refractivity contribution < 1.29 is 24.2 Å². The lowest BCUT2D eigenvalue weighted by atomic mass is 9.95. The summed E-state index contributed by atoms with van der Waals surface area (Å²) in [6, 6.07) is 18.2. The standard InChI is InChI=1S/C27H21FN2O4/c28-19-10-8-16(9-11-19)25(32)23-24(17-4-3-5-20(31)14-17)30(27(34)26(23)33)13-12-18-15-29-22-7-2-1-6-21(18)22/h1-11,14-15,24,29,31-32H,12-13H2. The number of H-pyrrole nitrogens is 1. The molecule has 1 saturated heterocycles. The van der Waals surface area contributed by atoms with Crippen molar-refractivity contribution in [2.24, 2.45) is 0 Å². The van der Waals surface area contributed by atoms with Crippen LogP contribution in [0, 0.1) is 5.82 Å². The van der Waals surface area contributed by atoms with Gasteiger partial charge in [0.25, 0.3) is 11.7 Å². The molecule has 0 spiro atoms. The Hall–Kier alpha value is -4.39. The van der Waals surface area contributed by atoms with E-state index in [0.717, 1.165) is 16.5 Å². The van der Waals surface area contributed by atoms with Crippen LogP contribution in [-0.4, -0.2) is 38.3 Å². The number of likely N-dealkylation sites (tertiary alicyclic amines) is 1. The molecule has 7 heteroatoms. The Labute approximate surface area is 194 Å². The molecule has 1 aliphatic heterocycles. The number of nitrogens with zero attached hydrogens (tertiary/aromatic N) is 1. The minimum absolute atomic E-state index is 0.0264. The summed E-state index contributed by atoms with van der Waals surface area (Å²) >= 11 is 0. The maximum atomic E-state index is 13.4. The zero-order valence-corrected chi connectivity index (χ0v) is 18.0. The molecule has 5 rings (SSSR count). The predicted octanol–water partition coefficient (Wildman–Crippen LogP) is 4.68. The first-order chi connectivity index (χ1) is 16.4. The van der Waals surface area contributed by atoms with Gasteiger partial charge in [-0.1, -0.05) is 30.3 Å². The van der Waals surface area contributed by atoms with Crippen molar-refractivity contribution in [1.29, 1.82) is 0 Å². The number of nitrogens with one attached hydrogen (secondary N) is 1. The highest BCUT2D eigenvalue weighted by Gasteiger charge is 2.46. The van der Waals surface area contributed by atoms with Gasteiger partial charge < -0.3 is 20.1 Å². The van der Waals surface area contributed by atoms with Crippen LogP contribution in [0.25, 0.3) is 16.7 Å². The molecule has 34 heavy (non-hydrogen) atoms. The molecule has 0 saturated carbocycles. The molecular weight excluding hydrogens is 435 g/mol. The highest BCUT2D eigenvalue weighted by atomic mass is 19.1. The van der Waals surface area contributed by atoms with Gasteiger partial charge in [-0.05, 0) is 60.0 Å². The molecule has 0 aliphatic carbocycles. The number of hydrogen-bond donors (Lipinski definition) is 3. The number of amides is 1. The van der Waals surface area contributed by atoms with Gasteiger partial charge in [-0.2, -0.15) is 0 Å². The van der Waals surface area contributed by atoms with Gasteiger partial charge in [0, 0.05) is 29.2 Å². The van der Waals surface area contributed by atoms with Gasteiger partial charge in [0.15, 0.2) is 0 Å². The molecule has 1 aliphatic rings. The van der Waals surface area contributed by atoms with Crippen LogP contribution in [0.15, 0.2) is 84.6 Å². The van der Waals surface area contributed by atoms with E-state index in [9.17, 15) is 24.2 Å². The van der Waals surface area contributed by atoms with Crippen molar-refractivity contribution >= 4 is 28.4 Å². The maximum absolute atomic E-state index is 13.4. The first kappa shape index (κ1) is 21.5. The second-order valence-corrected chi connectivity index (χ2v) is 8.20. The van der Waals surface area contributed by atoms with Crippen molar-refractivity contribution in [1.82, 2.24) is 9.88 Å². The largest absolute Gasteiger partial charge is 0.508 e. The van der Waals surface area contributed by atoms with E-state index in [1.54, 1.807) is 12.1 Å². The number of carbonyl (C=O) groups is 2. The molecule has 1 unspecified atom stereocenters. The van der Waals surface area contributed by atoms with Crippen LogP contribution < -0.4 is 0 Å². The Morgan fingerprint density at radius 1 is 1.00 bits per heavy atom. The molecule has 0 radical (unpaired) electrons. The first-order valence-corrected chi connectivity index (χ1v) is 10.8. The van der Waals surface area contributed by atoms with Gasteiger partial charge in [0.1, 0.15) is 17.3 Å². The number of hydrogen-bond acceptors (Lipinski definition) is 4. The van der Waals surface area contributed by atoms with Crippen LogP contribution in [0.4, 0.5) is 4.39 Å². The molecule has 3 N–H and O–H groups in total. The molecule has 1 amide bonds. The Bertz CT molecular complexity index is 1440. The number of aromatic nitrogens is 1. The summed E-state index contributed by atoms with van der Waals surface area (Å²) in [4.78, 5) is 30.8. The van der Waals surface area contributed by atoms with Gasteiger partial charge in [0.05, 0.1) is 11.6 Å². The third-order valence-corrected chi connectivity index (χ3v) is 6.14. The number of aliphatic hydroxyl groups is 1. The Kier molecular flexibility index (Phi) is 5.37. The Morgan fingerprint density at radius 3 is 2.53 bits per heavy atom. The van der Waals surface area contributed by atoms with Crippen molar-refractivity contribution in [3.63, 3.8) is 0 Å². The van der Waals surface area contributed by atoms with E-state index >= 15 is 0 Å². The van der Waals surface area contributed by atoms with Gasteiger partial charge in [0.2, 0.25) is 0 Å². The Morgan fingerprint density at radius 2 is 1.76 bits per heavy atom. The summed E-state index contributed by atoms with van der Waals surface area (Å²) in [5, 5.41) is 22.1. The fourth-order valence-corrected chi connectivity index (χ4v) is 4.49. The smallest absolute Gasteiger partial charge is 0.295 e. The number of aromatic hydroxyl groups is 1. The Balaban J connectivity index is 1.57. The summed E-state index contributed by atoms with van der Waals surface area (Å²) in [5.41, 5.74) is 2.58. The van der Waals surface area contributed by atoms with Crippen LogP contribution in [0.1, 0.15) is 22.7 Å². The number of para-hydroxylation sites is 1. The zero-order valence-electron chi connectivity index (χ0n) is 18.0. The lowest BCUT2D eigenvalue weighted by Gasteiger charge is -2.25. The van der Waals surface area contributed by atoms with Crippen molar-refractivity contribution in [3.8, 4) is 5.75 Å². The van der Waals surface area contributed by atoms with E-state index in [1.165, 1.54) is 41.3 Å². The summed E-state index contributed by atoms with van der Waals surface area (Å²) in [5.74, 6) is -2.46. The number of halogens is 1. The van der Waals surface area contributed by atoms with Crippen LogP contribution >= 0.6 is 0 Å². The predicted molar refractivity (Wildman–Crippen MR) is 126 cm³/mol. The third-order valence-electron chi connectivity index (χ3n) is 6.14. The normalized spacial score (nSPS) is 17.6. The second kappa shape index (κ2) is 8.51. The average molecular weight is 456 g/mol. The van der Waals surface area contributed by atoms with Crippen LogP contribution in [0.3, 0.4) is 0 Å². The minimum Gasteiger partial charge on any atom is -0.508 e. The molecule has 1 atom stereocenters. The summed E-state index contributed by atoms with van der Waals surface area (Å²) in [7, 11) is 0. The number of phenolic OH excluding ortho intramolecular Hbond substituents is 1. The number of fused-ring (bicyclic) bond motifs is 1. The lowest BCUT2D eigenvalue weighted by molar-refractivity contribution is -0.139. The molecule has 1 fully saturated rings. The number of phenols is 1. The maximum Gasteiger partial charge on any atom is 0.295 e. The van der Waals surface area contributed by atoms with Crippen molar-refractivity contribution in [2.75, 3.05) is 6.54 Å². The highest BCUT2D eigenvalue weighted by Crippen LogP contribution is 2.40. The number of rotatable bonds is 5. The van der Waals surface area contributed by atoms with E-state index < -0.39 is 23.5 Å². The molecule has 4 aromatic rings. The number of Topliss-reactive ketones (excluding diaryl/α,β-unsaturated/α-hetero) is 1. The number of aliphatic hydroxyl groups excluding tert-OH is 1. The van der Waals surface area contributed by atoms with Gasteiger partial charge >= 0.3 is 0 Å². The lowest BCUT2D eigenvalue weighted by Crippen LogP contribution is -2.31. The van der Waals surface area contributed by atoms with Crippen LogP contribution in [0.2, 0.25) is 0 Å². The quantitative estimate of drug-likeness (QED) is 0.231. The molecule has 6 nitrogen and oxygen atoms in total. The number of ketones is 1. The monoisotopic (exact) mass is 456 g/mol. The van der Waals surface area contributed by atoms with Crippen LogP contribution in [-0.2, 0) is 16.0 Å². The fourth-order valence-electron chi connectivity index (χ4n) is 4.49. The summed E-state index contributed by atoms with van der Waals surface area (Å²) in [6.07, 6.45) is 2.35. The fraction of sp³-hybridized carbons (Fsp3) is 0.111. The minimum atomic E-state index is -0.901. The SMILES string of the molecule is O=C1C(=O)N(CCc2c[nH]c3ccccc23)C(c2cccc(O)c2)C1=C(O)c1ccc(F)cc1. The highest BCUT2D eigenvalue weighted by molar-refractivity contribution is 6.46. The summed E-state index contributed by atoms with van der Waals surface area (Å²) < 4.78 is 13.4. The van der Waals surface area contributed by atoms with E-state index in [-0.39, 0.29) is 29.2 Å². The summed E-state index contributed by atoms with van der Waals surface area (Å²) in [6.45, 7) is 0.215. The van der Waals surface area contributed by atoms with E-state index in [2.05, 4.69) is 4.98 Å². The van der Waals surface area contributed by atoms with Gasteiger partial charge in [-0.15, -0.1) is 0 Å². The van der Waals surface area contributed by atoms with Gasteiger partial charge in [-0.3, -0.25) is 9.59 Å². The number of benzene rings is 3. The zero-order chi connectivity index (χ0) is 23.8.